The van der Waals surface area contributed by atoms with Crippen LogP contribution in [0, 0.1) is 0 Å². The molecule has 1 heterocycles. The van der Waals surface area contributed by atoms with E-state index < -0.39 is 16.0 Å². The molecule has 0 saturated carbocycles. The number of nitrogens with zero attached hydrogens (tertiary/aromatic N) is 2. The highest BCUT2D eigenvalue weighted by Crippen LogP contribution is 2.24. The van der Waals surface area contributed by atoms with Crippen LogP contribution in [0.5, 0.6) is 0 Å². The predicted molar refractivity (Wildman–Crippen MR) is 83.9 cm³/mol. The molecule has 1 aromatic rings. The van der Waals surface area contributed by atoms with Crippen LogP contribution in [-0.4, -0.2) is 60.1 Å². The first-order valence-corrected chi connectivity index (χ1v) is 9.10. The fourth-order valence-corrected chi connectivity index (χ4v) is 4.21. The number of benzene rings is 1. The van der Waals surface area contributed by atoms with Crippen LogP contribution >= 0.6 is 0 Å². The van der Waals surface area contributed by atoms with Crippen molar-refractivity contribution in [2.24, 2.45) is 0 Å². The van der Waals surface area contributed by atoms with Crippen LogP contribution in [-0.2, 0) is 21.4 Å². The summed E-state index contributed by atoms with van der Waals surface area (Å²) in [5.74, 6) is -0.912. The van der Waals surface area contributed by atoms with Crippen molar-refractivity contribution in [3.05, 3.63) is 35.9 Å². The molecule has 0 aromatic heterocycles. The molecular formula is C15H22N2O4S. The topological polar surface area (TPSA) is 77.9 Å². The van der Waals surface area contributed by atoms with Crippen molar-refractivity contribution >= 4 is 16.0 Å². The number of hydrogen-bond donors (Lipinski definition) is 1. The molecule has 7 heteroatoms. The molecule has 6 nitrogen and oxygen atoms in total. The number of carbonyl (C=O) groups is 1. The number of aliphatic carboxylic acids is 1. The average Bonchev–Trinajstić information content (AvgIpc) is 2.42. The van der Waals surface area contributed by atoms with Crippen molar-refractivity contribution < 1.29 is 18.3 Å². The van der Waals surface area contributed by atoms with E-state index in [1.54, 1.807) is 6.92 Å². The minimum atomic E-state index is -3.33. The van der Waals surface area contributed by atoms with Gasteiger partial charge in [-0.25, -0.2) is 8.42 Å². The number of hydrogen-bond acceptors (Lipinski definition) is 4. The van der Waals surface area contributed by atoms with Gasteiger partial charge in [-0.1, -0.05) is 30.3 Å². The zero-order valence-electron chi connectivity index (χ0n) is 12.8. The van der Waals surface area contributed by atoms with Gasteiger partial charge >= 0.3 is 5.97 Å². The van der Waals surface area contributed by atoms with E-state index in [9.17, 15) is 13.2 Å². The molecule has 1 saturated heterocycles. The Morgan fingerprint density at radius 3 is 2.45 bits per heavy atom. The fraction of sp³-hybridized carbons (Fsp3) is 0.533. The van der Waals surface area contributed by atoms with Gasteiger partial charge in [0, 0.05) is 31.7 Å². The van der Waals surface area contributed by atoms with Crippen molar-refractivity contribution in [1.29, 1.82) is 0 Å². The second-order valence-electron chi connectivity index (χ2n) is 5.74. The van der Waals surface area contributed by atoms with Gasteiger partial charge in [0.2, 0.25) is 10.0 Å². The van der Waals surface area contributed by atoms with Gasteiger partial charge in [0.25, 0.3) is 0 Å². The molecule has 0 radical (unpaired) electrons. The number of carboxylic acid groups (broad SMARTS) is 1. The van der Waals surface area contributed by atoms with Gasteiger partial charge in [-0.3, -0.25) is 9.69 Å². The number of piperazine rings is 1. The van der Waals surface area contributed by atoms with Gasteiger partial charge in [0.15, 0.2) is 0 Å². The second-order valence-corrected chi connectivity index (χ2v) is 7.67. The largest absolute Gasteiger partial charge is 0.481 e. The van der Waals surface area contributed by atoms with Crippen LogP contribution in [0.25, 0.3) is 0 Å². The molecule has 2 atom stereocenters. The average molecular weight is 326 g/mol. The maximum absolute atomic E-state index is 11.9. The third-order valence-electron chi connectivity index (χ3n) is 4.13. The highest BCUT2D eigenvalue weighted by molar-refractivity contribution is 7.88. The van der Waals surface area contributed by atoms with Crippen LogP contribution in [0.1, 0.15) is 18.9 Å². The van der Waals surface area contributed by atoms with Gasteiger partial charge in [-0.15, -0.1) is 0 Å². The number of sulfonamides is 1. The first-order valence-electron chi connectivity index (χ1n) is 7.25. The van der Waals surface area contributed by atoms with Crippen molar-refractivity contribution in [3.8, 4) is 0 Å². The normalized spacial score (nSPS) is 24.3. The first-order chi connectivity index (χ1) is 10.3. The molecule has 0 unspecified atom stereocenters. The lowest BCUT2D eigenvalue weighted by Crippen LogP contribution is -2.59. The monoisotopic (exact) mass is 326 g/mol. The highest BCUT2D eigenvalue weighted by Gasteiger charge is 2.38. The first kappa shape index (κ1) is 16.9. The van der Waals surface area contributed by atoms with Gasteiger partial charge in [0.1, 0.15) is 0 Å². The fourth-order valence-electron chi connectivity index (χ4n) is 3.05. The van der Waals surface area contributed by atoms with Gasteiger partial charge < -0.3 is 5.11 Å². The van der Waals surface area contributed by atoms with Crippen molar-refractivity contribution in [2.75, 3.05) is 19.3 Å². The molecule has 0 spiro atoms. The molecule has 1 aliphatic heterocycles. The lowest BCUT2D eigenvalue weighted by molar-refractivity contribution is -0.139. The van der Waals surface area contributed by atoms with Gasteiger partial charge in [-0.05, 0) is 12.5 Å². The quantitative estimate of drug-likeness (QED) is 0.873. The summed E-state index contributed by atoms with van der Waals surface area (Å²) in [6.07, 6.45) is 1.11. The summed E-state index contributed by atoms with van der Waals surface area (Å²) < 4.78 is 25.1. The molecule has 122 valence electrons. The van der Waals surface area contributed by atoms with E-state index in [2.05, 4.69) is 4.90 Å². The van der Waals surface area contributed by atoms with Crippen molar-refractivity contribution in [3.63, 3.8) is 0 Å². The Morgan fingerprint density at radius 1 is 1.27 bits per heavy atom. The third-order valence-corrected chi connectivity index (χ3v) is 5.49. The minimum absolute atomic E-state index is 0.0694. The molecule has 1 aliphatic rings. The van der Waals surface area contributed by atoms with E-state index in [0.717, 1.165) is 5.56 Å². The minimum Gasteiger partial charge on any atom is -0.481 e. The Kier molecular flexibility index (Phi) is 5.20. The van der Waals surface area contributed by atoms with E-state index in [1.165, 1.54) is 10.6 Å². The van der Waals surface area contributed by atoms with Crippen molar-refractivity contribution in [1.82, 2.24) is 9.21 Å². The molecule has 22 heavy (non-hydrogen) atoms. The standard InChI is InChI=1S/C15H22N2O4S/c1-12-14(10-15(18)19)16(8-9-17(12)22(2,20)21)11-13-6-4-3-5-7-13/h3-7,12,14H,8-11H2,1-2H3,(H,18,19)/t12-,14+/m0/s1. The summed E-state index contributed by atoms with van der Waals surface area (Å²) in [6.45, 7) is 3.33. The Labute approximate surface area is 131 Å². The zero-order chi connectivity index (χ0) is 16.3. The SMILES string of the molecule is C[C@H]1[C@@H](CC(=O)O)N(Cc2ccccc2)CCN1S(C)(=O)=O. The lowest BCUT2D eigenvalue weighted by Gasteiger charge is -2.44. The summed E-state index contributed by atoms with van der Waals surface area (Å²) in [7, 11) is -3.33. The van der Waals surface area contributed by atoms with E-state index in [1.807, 2.05) is 30.3 Å². The highest BCUT2D eigenvalue weighted by atomic mass is 32.2. The Balaban J connectivity index is 2.21. The summed E-state index contributed by atoms with van der Waals surface area (Å²) in [6, 6.07) is 9.11. The van der Waals surface area contributed by atoms with Crippen LogP contribution in [0.2, 0.25) is 0 Å². The Morgan fingerprint density at radius 2 is 1.91 bits per heavy atom. The molecule has 2 rings (SSSR count). The van der Waals surface area contributed by atoms with E-state index in [0.29, 0.717) is 19.6 Å². The summed E-state index contributed by atoms with van der Waals surface area (Å²) in [5, 5.41) is 9.16. The third kappa shape index (κ3) is 4.06. The maximum Gasteiger partial charge on any atom is 0.304 e. The molecule has 1 N–H and O–H groups in total. The maximum atomic E-state index is 11.9. The van der Waals surface area contributed by atoms with Crippen LogP contribution in [0.15, 0.2) is 30.3 Å². The van der Waals surface area contributed by atoms with E-state index >= 15 is 0 Å². The smallest absolute Gasteiger partial charge is 0.304 e. The molecule has 1 aromatic carbocycles. The molecular weight excluding hydrogens is 304 g/mol. The molecule has 0 aliphatic carbocycles. The number of carboxylic acids is 1. The molecule has 0 bridgehead atoms. The summed E-state index contributed by atoms with van der Waals surface area (Å²) >= 11 is 0. The van der Waals surface area contributed by atoms with Crippen LogP contribution in [0.4, 0.5) is 0 Å². The van der Waals surface area contributed by atoms with E-state index in [4.69, 9.17) is 5.11 Å². The van der Waals surface area contributed by atoms with E-state index in [-0.39, 0.29) is 18.5 Å². The van der Waals surface area contributed by atoms with Gasteiger partial charge in [-0.2, -0.15) is 4.31 Å². The van der Waals surface area contributed by atoms with Crippen LogP contribution < -0.4 is 0 Å². The second kappa shape index (κ2) is 6.76. The van der Waals surface area contributed by atoms with Crippen molar-refractivity contribution in [2.45, 2.75) is 32.0 Å². The summed E-state index contributed by atoms with van der Waals surface area (Å²) in [4.78, 5) is 13.2. The molecule has 1 fully saturated rings. The van der Waals surface area contributed by atoms with Gasteiger partial charge in [0.05, 0.1) is 12.7 Å². The lowest BCUT2D eigenvalue weighted by atomic mass is 10.0. The predicted octanol–water partition coefficient (Wildman–Crippen LogP) is 0.996. The molecule has 0 amide bonds. The summed E-state index contributed by atoms with van der Waals surface area (Å²) in [5.41, 5.74) is 1.10. The Bertz CT molecular complexity index is 618. The zero-order valence-corrected chi connectivity index (χ0v) is 13.7. The van der Waals surface area contributed by atoms with Crippen LogP contribution in [0.3, 0.4) is 0 Å². The Hall–Kier alpha value is -1.44. The number of rotatable bonds is 5.